The fourth-order valence-electron chi connectivity index (χ4n) is 9.70. The molecule has 6 heterocycles. The van der Waals surface area contributed by atoms with Gasteiger partial charge in [-0.1, -0.05) is 27.7 Å². The lowest BCUT2D eigenvalue weighted by Crippen LogP contribution is -2.51. The predicted molar refractivity (Wildman–Crippen MR) is 416 cm³/mol. The van der Waals surface area contributed by atoms with E-state index in [1.165, 1.54) is 49.9 Å². The van der Waals surface area contributed by atoms with Crippen LogP contribution in [0, 0.1) is 159 Å². The maximum atomic E-state index is 14.9. The molecule has 0 saturated carbocycles. The minimum Gasteiger partial charge on any atom is -0.457 e. The maximum Gasteiger partial charge on any atom is 0.697 e. The molecule has 0 amide bonds. The molecule has 5 unspecified atom stereocenters. The van der Waals surface area contributed by atoms with Crippen LogP contribution in [-0.4, -0.2) is 110 Å². The van der Waals surface area contributed by atoms with Gasteiger partial charge in [0.1, 0.15) is 73.8 Å². The number of aryl methyl sites for hydroxylation is 3. The van der Waals surface area contributed by atoms with Crippen LogP contribution in [0.1, 0.15) is 149 Å². The lowest BCUT2D eigenvalue weighted by molar-refractivity contribution is -0.156. The van der Waals surface area contributed by atoms with E-state index in [1.807, 2.05) is 33.9 Å². The Morgan fingerprint density at radius 1 is 0.647 bits per heavy atom. The summed E-state index contributed by atoms with van der Waals surface area (Å²) >= 11 is 0. The molecule has 0 bridgehead atoms. The quantitative estimate of drug-likeness (QED) is 0.0320. The Bertz CT molecular complexity index is 5230. The van der Waals surface area contributed by atoms with Crippen molar-refractivity contribution in [3.63, 3.8) is 0 Å². The van der Waals surface area contributed by atoms with Gasteiger partial charge in [-0.2, -0.15) is 4.57 Å². The van der Waals surface area contributed by atoms with E-state index in [-0.39, 0.29) is 78.9 Å². The first kappa shape index (κ1) is 78.5. The number of nitrogens with one attached hydrogen (secondary N) is 2. The number of hydrogen-bond acceptors (Lipinski definition) is 21. The van der Waals surface area contributed by atoms with Crippen LogP contribution >= 0.6 is 16.5 Å². The molecule has 566 valence electrons. The highest BCUT2D eigenvalue weighted by Gasteiger charge is 2.55. The molecule has 30 heteroatoms. The number of nitrogens with zero attached hydrogens (tertiary/aromatic N) is 4. The molecule has 0 aliphatic carbocycles. The van der Waals surface area contributed by atoms with Gasteiger partial charge >= 0.3 is 39.5 Å². The number of ether oxygens (including phenoxy) is 5. The zero-order chi connectivity index (χ0) is 74.4. The Labute approximate surface area is 621 Å². The normalized spacial score (nSPS) is 20.1. The molecule has 7 rings (SSSR count). The third-order valence-electron chi connectivity index (χ3n) is 16.0. The first-order valence-corrected chi connectivity index (χ1v) is 36.3. The van der Waals surface area contributed by atoms with Crippen LogP contribution in [0.3, 0.4) is 0 Å². The van der Waals surface area contributed by atoms with Crippen LogP contribution in [0.15, 0.2) is 65.6 Å². The summed E-state index contributed by atoms with van der Waals surface area (Å²) in [5.74, 6) is 46.7. The molecule has 0 spiro atoms. The van der Waals surface area contributed by atoms with E-state index < -0.39 is 157 Å². The number of hydrogen-bond donors (Lipinski definition) is 2. The van der Waals surface area contributed by atoms with Gasteiger partial charge in [-0.05, 0) is 130 Å². The molecule has 3 aliphatic rings. The third kappa shape index (κ3) is 21.3. The topological polar surface area (TPSA) is 331 Å². The minimum atomic E-state index is -3.29. The number of aromatic amines is 2. The summed E-state index contributed by atoms with van der Waals surface area (Å²) in [6.07, 6.45) is -1.68. The minimum absolute atomic E-state index is 0. The van der Waals surface area contributed by atoms with Gasteiger partial charge in [-0.25, -0.2) is 14.4 Å². The summed E-state index contributed by atoms with van der Waals surface area (Å²) in [5, 5.41) is -0.561. The molecular weight excluding hydrogens is 1370 g/mol. The summed E-state index contributed by atoms with van der Waals surface area (Å²) in [6, 6.07) is 3.65. The standard InChI is InChI=1S/C72H64N6O21P2Si.22H2/c1-13-15-16-17-18-19-20-21-22-23-24-25-26-27-28-29-30-31-32-33-38-90-54-40-52(39-47(3)51(54)7)67(84)78-59(80)36-37-75(71(78)87)68-64(99-102(11,12)72(8,9)10)63(96-62(81)35-34-50(6)79)58(95-68)46-92-101(89)98-56-42-61(77-44-49(5)66(83)74-70(77)86)94-57(56)45-91-100(88)97-55-41-60(93-53(55)14-2)76-43-48(4)65(82)73-69(76)85;;;;;;;;;;;;;;;;;;;;;;/h1,36-37,39-40,43-44,53,55-58,60-61,63-64,68H,14,34-35,41-42,45-46H2,2-12H3;22*1H/p+2/t53-,55?,56?,57-,58-,60-,61-,63?,64+,68-;;;;;;;;;;;;;;;;;;;;;;/m1....................../s1. The van der Waals surface area contributed by atoms with Crippen molar-refractivity contribution in [3.8, 4) is 137 Å². The lowest BCUT2D eigenvalue weighted by Gasteiger charge is -2.40. The third-order valence-corrected chi connectivity index (χ3v) is 22.1. The van der Waals surface area contributed by atoms with E-state index in [0.29, 0.717) is 22.1 Å². The van der Waals surface area contributed by atoms with Gasteiger partial charge < -0.3 is 32.9 Å². The molecule has 1 aromatic carbocycles. The molecule has 3 aliphatic heterocycles. The fraction of sp³-hybridized carbons (Fsp3) is 0.403. The molecule has 3 aromatic heterocycles. The van der Waals surface area contributed by atoms with Gasteiger partial charge in [-0.15, -0.1) is 24.5 Å². The van der Waals surface area contributed by atoms with Crippen LogP contribution in [0.4, 0.5) is 0 Å². The smallest absolute Gasteiger partial charge is 0.457 e. The van der Waals surface area contributed by atoms with Gasteiger partial charge in [0.25, 0.3) is 22.6 Å². The summed E-state index contributed by atoms with van der Waals surface area (Å²) in [7, 11) is -9.33. The van der Waals surface area contributed by atoms with Crippen molar-refractivity contribution in [2.45, 2.75) is 174 Å². The number of esters is 1. The van der Waals surface area contributed by atoms with Crippen molar-refractivity contribution in [3.05, 3.63) is 127 Å². The maximum absolute atomic E-state index is 14.9. The van der Waals surface area contributed by atoms with Crippen LogP contribution in [-0.2, 0) is 60.2 Å². The zero-order valence-corrected chi connectivity index (χ0v) is 59.8. The van der Waals surface area contributed by atoms with Crippen molar-refractivity contribution in [1.29, 1.82) is 0 Å². The Morgan fingerprint density at radius 2 is 1.13 bits per heavy atom. The first-order chi connectivity index (χ1) is 48.5. The number of carbonyl (C=O) groups excluding carboxylic acids is 3. The molecule has 4 aromatic rings. The number of Topliss-reactive ketones (excluding diaryl/α,β-unsaturated/α-hetero) is 1. The first-order valence-electron chi connectivity index (χ1n) is 31.2. The van der Waals surface area contributed by atoms with Crippen molar-refractivity contribution in [2.24, 2.45) is 0 Å². The Kier molecular flexibility index (Phi) is 28.0. The number of rotatable bonds is 22. The molecule has 3 saturated heterocycles. The molecular formula is C72H110N6O21P2Si+2. The van der Waals surface area contributed by atoms with Gasteiger partial charge in [0.05, 0.1) is 12.5 Å². The number of aromatic nitrogens is 6. The zero-order valence-electron chi connectivity index (χ0n) is 57.0. The lowest BCUT2D eigenvalue weighted by atomic mass is 10.0. The van der Waals surface area contributed by atoms with E-state index in [9.17, 15) is 52.3 Å². The second-order valence-electron chi connectivity index (χ2n) is 24.1. The SMILES string of the molecule is C#CC#CC#CC#CC#CC#CC#CC#CC#CC#CC#COc1cc(C(=O)n2c(=O)ccn([C@@H]3O[C@H](CO[P+](=O)OC4C[C@H](n5cc(C)c(=O)[nH]c5=O)O[C@@H]4CO[P+](=O)OC4C[C@H](n5cc(C)c(=O)[nH]c5=O)O[C@@H]4CC)C(OC(=O)CCC(C)=O)[C@@H]3O[Si](C)(C)C(C)(C)C)c2=O)cc(C)c1C.[HH].[HH].[HH].[HH].[HH].[HH].[HH].[HH].[HH].[HH].[HH].[HH].[HH].[HH].[HH].[HH].[HH].[HH].[HH].[HH].[HH].[HH]. The molecule has 0 radical (unpaired) electrons. The summed E-state index contributed by atoms with van der Waals surface area (Å²) in [4.78, 5) is 124. The summed E-state index contributed by atoms with van der Waals surface area (Å²) in [6.45, 7) is 17.5. The monoisotopic (exact) mass is 1480 g/mol. The molecule has 12 atom stereocenters. The highest BCUT2D eigenvalue weighted by molar-refractivity contribution is 7.33. The van der Waals surface area contributed by atoms with Gasteiger partial charge in [0.15, 0.2) is 20.6 Å². The Balaban J connectivity index is -0.000000379. The summed E-state index contributed by atoms with van der Waals surface area (Å²) < 4.78 is 92.1. The average molecular weight is 1490 g/mol. The number of H-pyrrole nitrogens is 2. The highest BCUT2D eigenvalue weighted by atomic mass is 31.1. The van der Waals surface area contributed by atoms with Gasteiger partial charge in [0, 0.05) is 172 Å². The van der Waals surface area contributed by atoms with E-state index in [0.717, 1.165) is 21.4 Å². The fourth-order valence-corrected chi connectivity index (χ4v) is 12.5. The van der Waals surface area contributed by atoms with E-state index in [1.54, 1.807) is 20.8 Å². The van der Waals surface area contributed by atoms with Gasteiger partial charge in [0.2, 0.25) is 0 Å². The highest BCUT2D eigenvalue weighted by Crippen LogP contribution is 2.45. The van der Waals surface area contributed by atoms with E-state index in [4.69, 9.17) is 52.6 Å². The number of terminal acetylenes is 1. The van der Waals surface area contributed by atoms with Crippen molar-refractivity contribution >= 4 is 42.5 Å². The average Bonchev–Trinajstić information content (AvgIpc) is 1.52. The van der Waals surface area contributed by atoms with Crippen molar-refractivity contribution in [1.82, 2.24) is 28.2 Å². The van der Waals surface area contributed by atoms with Crippen LogP contribution in [0.5, 0.6) is 5.75 Å². The van der Waals surface area contributed by atoms with Crippen molar-refractivity contribution < 1.29 is 101 Å². The predicted octanol–water partition coefficient (Wildman–Crippen LogP) is 10.1. The second kappa shape index (κ2) is 36.5. The van der Waals surface area contributed by atoms with Crippen LogP contribution in [0.25, 0.3) is 0 Å². The Morgan fingerprint density at radius 3 is 1.62 bits per heavy atom. The summed E-state index contributed by atoms with van der Waals surface area (Å²) in [5.41, 5.74) is -3.86. The van der Waals surface area contributed by atoms with E-state index in [2.05, 4.69) is 134 Å². The number of ketones is 1. The Hall–Kier alpha value is -10.9. The number of benzene rings is 1. The second-order valence-corrected chi connectivity index (χ2v) is 30.7. The van der Waals surface area contributed by atoms with Gasteiger partial charge in [-0.3, -0.25) is 47.6 Å². The molecule has 27 nitrogen and oxygen atoms in total. The number of carbonyl (C=O) groups is 3. The molecule has 2 N–H and O–H groups in total. The molecule has 102 heavy (non-hydrogen) atoms. The largest absolute Gasteiger partial charge is 0.697 e. The van der Waals surface area contributed by atoms with Crippen LogP contribution in [0.2, 0.25) is 18.1 Å². The van der Waals surface area contributed by atoms with Crippen molar-refractivity contribution in [2.75, 3.05) is 13.2 Å². The molecule has 3 fully saturated rings. The van der Waals surface area contributed by atoms with E-state index >= 15 is 0 Å². The van der Waals surface area contributed by atoms with Crippen LogP contribution < -0.4 is 38.5 Å².